The van der Waals surface area contributed by atoms with E-state index in [9.17, 15) is 4.79 Å². The number of aryl methyl sites for hydroxylation is 2. The van der Waals surface area contributed by atoms with E-state index >= 15 is 0 Å². The molecule has 172 valence electrons. The summed E-state index contributed by atoms with van der Waals surface area (Å²) in [5.41, 5.74) is 12.2. The summed E-state index contributed by atoms with van der Waals surface area (Å²) in [7, 11) is 1.89. The number of carbonyl (C=O) groups excluding carboxylic acids is 1. The Morgan fingerprint density at radius 3 is 2.65 bits per heavy atom. The molecule has 5 rings (SSSR count). The molecule has 0 fully saturated rings. The van der Waals surface area contributed by atoms with Gasteiger partial charge in [0.2, 0.25) is 5.91 Å². The van der Waals surface area contributed by atoms with Crippen molar-refractivity contribution in [2.75, 3.05) is 0 Å². The van der Waals surface area contributed by atoms with Crippen molar-refractivity contribution in [2.45, 2.75) is 33.1 Å². The average Bonchev–Trinajstić information content (AvgIpc) is 3.56. The number of imidazole rings is 1. The summed E-state index contributed by atoms with van der Waals surface area (Å²) in [5.74, 6) is -0.259. The van der Waals surface area contributed by atoms with Gasteiger partial charge >= 0.3 is 0 Å². The third-order valence-corrected chi connectivity index (χ3v) is 5.96. The van der Waals surface area contributed by atoms with Crippen LogP contribution in [-0.4, -0.2) is 40.0 Å². The van der Waals surface area contributed by atoms with Crippen LogP contribution >= 0.6 is 0 Å². The number of carbonyl (C=O) groups is 1. The van der Waals surface area contributed by atoms with Gasteiger partial charge in [-0.3, -0.25) is 9.48 Å². The standard InChI is InChI=1S/C25H26N8O/c1-5-16-10-18(6-7-19(16)24(26)34)33-25-22(23(30-33)15(2)3)21(8-9-27-25)32-13-20(28-14-32)17-11-29-31(4)12-17/h6-15H,5H2,1-4H3,(H2,26,34). The quantitative estimate of drug-likeness (QED) is 0.420. The maximum Gasteiger partial charge on any atom is 0.248 e. The van der Waals surface area contributed by atoms with E-state index in [-0.39, 0.29) is 5.92 Å². The molecule has 0 atom stereocenters. The Morgan fingerprint density at radius 1 is 1.15 bits per heavy atom. The molecule has 34 heavy (non-hydrogen) atoms. The molecule has 0 spiro atoms. The number of fused-ring (bicyclic) bond motifs is 1. The molecule has 0 radical (unpaired) electrons. The fraction of sp³-hybridized carbons (Fsp3) is 0.240. The van der Waals surface area contributed by atoms with Gasteiger partial charge in [0.1, 0.15) is 0 Å². The molecule has 5 aromatic rings. The largest absolute Gasteiger partial charge is 0.366 e. The Labute approximate surface area is 196 Å². The summed E-state index contributed by atoms with van der Waals surface area (Å²) in [6, 6.07) is 7.56. The number of hydrogen-bond acceptors (Lipinski definition) is 5. The number of benzene rings is 1. The first-order valence-electron chi connectivity index (χ1n) is 11.2. The van der Waals surface area contributed by atoms with Crippen molar-refractivity contribution in [3.63, 3.8) is 0 Å². The first-order valence-corrected chi connectivity index (χ1v) is 11.2. The minimum absolute atomic E-state index is 0.170. The normalized spacial score (nSPS) is 11.6. The summed E-state index contributed by atoms with van der Waals surface area (Å²) >= 11 is 0. The van der Waals surface area contributed by atoms with Gasteiger partial charge in [-0.1, -0.05) is 20.8 Å². The molecule has 0 saturated carbocycles. The van der Waals surface area contributed by atoms with Gasteiger partial charge in [-0.15, -0.1) is 0 Å². The molecular weight excluding hydrogens is 428 g/mol. The Balaban J connectivity index is 1.69. The number of nitrogens with two attached hydrogens (primary N) is 1. The highest BCUT2D eigenvalue weighted by atomic mass is 16.1. The monoisotopic (exact) mass is 454 g/mol. The topological polar surface area (TPSA) is 109 Å². The van der Waals surface area contributed by atoms with E-state index in [2.05, 4.69) is 28.9 Å². The Morgan fingerprint density at radius 2 is 1.97 bits per heavy atom. The molecule has 0 aliphatic rings. The molecule has 0 aliphatic carbocycles. The van der Waals surface area contributed by atoms with Crippen molar-refractivity contribution < 1.29 is 4.79 Å². The molecule has 0 aliphatic heterocycles. The van der Waals surface area contributed by atoms with Crippen LogP contribution in [-0.2, 0) is 13.5 Å². The second kappa shape index (κ2) is 8.26. The summed E-state index contributed by atoms with van der Waals surface area (Å²) < 4.78 is 5.60. The van der Waals surface area contributed by atoms with Crippen molar-refractivity contribution in [3.8, 4) is 22.6 Å². The number of rotatable bonds is 6. The maximum absolute atomic E-state index is 11.8. The number of pyridine rings is 1. The lowest BCUT2D eigenvalue weighted by molar-refractivity contribution is 0.0999. The lowest BCUT2D eigenvalue weighted by Crippen LogP contribution is -2.14. The maximum atomic E-state index is 11.8. The lowest BCUT2D eigenvalue weighted by atomic mass is 10.0. The van der Waals surface area contributed by atoms with E-state index in [1.54, 1.807) is 29.5 Å². The van der Waals surface area contributed by atoms with Crippen LogP contribution in [0.5, 0.6) is 0 Å². The number of hydrogen-bond donors (Lipinski definition) is 1. The van der Waals surface area contributed by atoms with E-state index in [1.807, 2.05) is 53.8 Å². The number of nitrogens with zero attached hydrogens (tertiary/aromatic N) is 7. The van der Waals surface area contributed by atoms with Crippen LogP contribution < -0.4 is 5.73 Å². The molecule has 0 unspecified atom stereocenters. The van der Waals surface area contributed by atoms with Crippen LogP contribution in [0.4, 0.5) is 0 Å². The third-order valence-electron chi connectivity index (χ3n) is 5.96. The van der Waals surface area contributed by atoms with Gasteiger partial charge < -0.3 is 10.3 Å². The molecule has 4 heterocycles. The predicted molar refractivity (Wildman–Crippen MR) is 130 cm³/mol. The zero-order valence-electron chi connectivity index (χ0n) is 19.6. The van der Waals surface area contributed by atoms with Crippen LogP contribution in [0, 0.1) is 0 Å². The smallest absolute Gasteiger partial charge is 0.248 e. The summed E-state index contributed by atoms with van der Waals surface area (Å²) in [4.78, 5) is 21.1. The number of aromatic nitrogens is 7. The molecule has 1 aromatic carbocycles. The molecule has 4 aromatic heterocycles. The highest BCUT2D eigenvalue weighted by Gasteiger charge is 2.21. The SMILES string of the molecule is CCc1cc(-n2nc(C(C)C)c3c(-n4cnc(-c5cnn(C)c5)c4)ccnc32)ccc1C(N)=O. The summed E-state index contributed by atoms with van der Waals surface area (Å²) in [5, 5.41) is 10.2. The van der Waals surface area contributed by atoms with Gasteiger partial charge in [0.25, 0.3) is 0 Å². The Hall–Kier alpha value is -4.27. The van der Waals surface area contributed by atoms with Gasteiger partial charge in [0, 0.05) is 36.8 Å². The molecular formula is C25H26N8O. The van der Waals surface area contributed by atoms with Crippen molar-refractivity contribution in [1.29, 1.82) is 0 Å². The van der Waals surface area contributed by atoms with Crippen LogP contribution in [0.2, 0.25) is 0 Å². The molecule has 1 amide bonds. The fourth-order valence-electron chi connectivity index (χ4n) is 4.25. The van der Waals surface area contributed by atoms with E-state index in [1.165, 1.54) is 0 Å². The van der Waals surface area contributed by atoms with Crippen LogP contribution in [0.25, 0.3) is 33.7 Å². The van der Waals surface area contributed by atoms with E-state index < -0.39 is 5.91 Å². The van der Waals surface area contributed by atoms with Crippen molar-refractivity contribution in [3.05, 3.63) is 72.2 Å². The van der Waals surface area contributed by atoms with E-state index in [0.717, 1.165) is 44.9 Å². The number of primary amides is 1. The molecule has 0 saturated heterocycles. The molecule has 9 nitrogen and oxygen atoms in total. The first kappa shape index (κ1) is 21.6. The second-order valence-corrected chi connectivity index (χ2v) is 8.61. The van der Waals surface area contributed by atoms with Gasteiger partial charge in [-0.25, -0.2) is 14.6 Å². The van der Waals surface area contributed by atoms with Crippen molar-refractivity contribution in [2.24, 2.45) is 12.8 Å². The van der Waals surface area contributed by atoms with E-state index in [4.69, 9.17) is 10.8 Å². The van der Waals surface area contributed by atoms with Crippen LogP contribution in [0.15, 0.2) is 55.4 Å². The van der Waals surface area contributed by atoms with Gasteiger partial charge in [-0.2, -0.15) is 10.2 Å². The highest BCUT2D eigenvalue weighted by Crippen LogP contribution is 2.32. The van der Waals surface area contributed by atoms with Crippen LogP contribution in [0.1, 0.15) is 48.3 Å². The fourth-order valence-corrected chi connectivity index (χ4v) is 4.25. The van der Waals surface area contributed by atoms with Gasteiger partial charge in [0.05, 0.1) is 40.7 Å². The zero-order valence-corrected chi connectivity index (χ0v) is 19.6. The molecule has 2 N–H and O–H groups in total. The summed E-state index contributed by atoms with van der Waals surface area (Å²) in [6.07, 6.45) is 10.00. The average molecular weight is 455 g/mol. The van der Waals surface area contributed by atoms with Crippen molar-refractivity contribution in [1.82, 2.24) is 34.1 Å². The number of amides is 1. The minimum atomic E-state index is -0.429. The second-order valence-electron chi connectivity index (χ2n) is 8.61. The van der Waals surface area contributed by atoms with Crippen molar-refractivity contribution >= 4 is 16.9 Å². The first-order chi connectivity index (χ1) is 16.4. The molecule has 9 heteroatoms. The van der Waals surface area contributed by atoms with Crippen LogP contribution in [0.3, 0.4) is 0 Å². The molecule has 0 bridgehead atoms. The lowest BCUT2D eigenvalue weighted by Gasteiger charge is -2.09. The summed E-state index contributed by atoms with van der Waals surface area (Å²) in [6.45, 7) is 6.23. The van der Waals surface area contributed by atoms with Gasteiger partial charge in [0.15, 0.2) is 5.65 Å². The minimum Gasteiger partial charge on any atom is -0.366 e. The van der Waals surface area contributed by atoms with Gasteiger partial charge in [-0.05, 0) is 42.2 Å². The van der Waals surface area contributed by atoms with E-state index in [0.29, 0.717) is 12.0 Å². The predicted octanol–water partition coefficient (Wildman–Crippen LogP) is 3.79. The Kier molecular flexibility index (Phi) is 5.24. The zero-order chi connectivity index (χ0) is 24.0. The highest BCUT2D eigenvalue weighted by molar-refractivity contribution is 5.95. The Bertz CT molecular complexity index is 1520. The third kappa shape index (κ3) is 3.55.